The molecule has 1 fully saturated rings. The molecule has 10 nitrogen and oxygen atoms in total. The zero-order valence-corrected chi connectivity index (χ0v) is 16.0. The van der Waals surface area contributed by atoms with Crippen LogP contribution in [0.15, 0.2) is 29.8 Å². The van der Waals surface area contributed by atoms with Gasteiger partial charge in [-0.3, -0.25) is 29.8 Å². The molecule has 1 aromatic carbocycles. The minimum Gasteiger partial charge on any atom is -0.464 e. The van der Waals surface area contributed by atoms with Gasteiger partial charge in [-0.2, -0.15) is 0 Å². The van der Waals surface area contributed by atoms with Crippen LogP contribution in [0.4, 0.5) is 10.5 Å². The number of barbiturate groups is 1. The van der Waals surface area contributed by atoms with E-state index in [2.05, 4.69) is 0 Å². The van der Waals surface area contributed by atoms with E-state index >= 15 is 0 Å². The van der Waals surface area contributed by atoms with Crippen LogP contribution in [0.5, 0.6) is 0 Å². The molecule has 0 spiro atoms. The number of anilines is 1. The van der Waals surface area contributed by atoms with Crippen molar-refractivity contribution in [1.82, 2.24) is 10.6 Å². The number of nitrogens with one attached hydrogen (secondary N) is 2. The molecule has 1 saturated heterocycles. The normalized spacial score (nSPS) is 13.3. The fourth-order valence-electron chi connectivity index (χ4n) is 2.52. The monoisotopic (exact) mass is 403 g/mol. The van der Waals surface area contributed by atoms with Gasteiger partial charge in [-0.15, -0.1) is 0 Å². The van der Waals surface area contributed by atoms with Crippen LogP contribution in [0.1, 0.15) is 19.4 Å². The van der Waals surface area contributed by atoms with Gasteiger partial charge in [0.2, 0.25) is 0 Å². The highest BCUT2D eigenvalue weighted by molar-refractivity contribution is 6.31. The van der Waals surface area contributed by atoms with E-state index < -0.39 is 29.8 Å². The van der Waals surface area contributed by atoms with Crippen LogP contribution in [-0.4, -0.2) is 56.1 Å². The molecule has 10 heteroatoms. The molecule has 1 aliphatic rings. The summed E-state index contributed by atoms with van der Waals surface area (Å²) in [5.74, 6) is -2.33. The number of rotatable bonds is 8. The van der Waals surface area contributed by atoms with E-state index in [1.165, 1.54) is 19.9 Å². The minimum absolute atomic E-state index is 0.162. The van der Waals surface area contributed by atoms with Crippen molar-refractivity contribution in [2.75, 3.05) is 31.2 Å². The number of amides is 4. The number of ether oxygens (including phenoxy) is 2. The van der Waals surface area contributed by atoms with Crippen molar-refractivity contribution in [1.29, 1.82) is 0 Å². The molecule has 1 heterocycles. The lowest BCUT2D eigenvalue weighted by Crippen LogP contribution is -2.51. The Bertz CT molecular complexity index is 804. The first-order valence-electron chi connectivity index (χ1n) is 8.76. The lowest BCUT2D eigenvalue weighted by molar-refractivity contribution is -0.141. The quantitative estimate of drug-likeness (QED) is 0.362. The SMILES string of the molecule is CC(=O)OCCN(CCOC(C)=O)c1ccc(C=C2C(=O)NC(=O)NC2=O)cc1. The van der Waals surface area contributed by atoms with Gasteiger partial charge in [0.1, 0.15) is 18.8 Å². The first-order chi connectivity index (χ1) is 13.8. The second-order valence-corrected chi connectivity index (χ2v) is 6.05. The minimum atomic E-state index is -0.858. The standard InChI is InChI=1S/C19H21N3O7/c1-12(23)28-9-7-22(8-10-29-13(2)24)15-5-3-14(4-6-15)11-16-17(25)20-19(27)21-18(16)26/h3-6,11H,7-10H2,1-2H3,(H2,20,21,25,26,27). The van der Waals surface area contributed by atoms with Crippen molar-refractivity contribution < 1.29 is 33.4 Å². The smallest absolute Gasteiger partial charge is 0.328 e. The van der Waals surface area contributed by atoms with Crippen LogP contribution < -0.4 is 15.5 Å². The van der Waals surface area contributed by atoms with Crippen molar-refractivity contribution in [2.45, 2.75) is 13.8 Å². The molecule has 0 saturated carbocycles. The van der Waals surface area contributed by atoms with Crippen LogP contribution in [0.2, 0.25) is 0 Å². The van der Waals surface area contributed by atoms with Crippen molar-refractivity contribution >= 4 is 41.5 Å². The van der Waals surface area contributed by atoms with E-state index in [4.69, 9.17) is 9.47 Å². The summed E-state index contributed by atoms with van der Waals surface area (Å²) in [6.45, 7) is 3.72. The summed E-state index contributed by atoms with van der Waals surface area (Å²) in [6.07, 6.45) is 1.36. The second kappa shape index (κ2) is 10.0. The molecule has 0 unspecified atom stereocenters. The van der Waals surface area contributed by atoms with Gasteiger partial charge in [-0.25, -0.2) is 4.79 Å². The van der Waals surface area contributed by atoms with Crippen LogP contribution in [-0.2, 0) is 28.7 Å². The maximum absolute atomic E-state index is 11.8. The van der Waals surface area contributed by atoms with E-state index in [0.717, 1.165) is 5.69 Å². The molecular formula is C19H21N3O7. The Morgan fingerprint density at radius 2 is 1.38 bits per heavy atom. The highest BCUT2D eigenvalue weighted by Gasteiger charge is 2.27. The predicted molar refractivity (Wildman–Crippen MR) is 102 cm³/mol. The third-order valence-electron chi connectivity index (χ3n) is 3.85. The van der Waals surface area contributed by atoms with Gasteiger partial charge in [0, 0.05) is 19.5 Å². The van der Waals surface area contributed by atoms with E-state index in [-0.39, 0.29) is 18.8 Å². The Hall–Kier alpha value is -3.69. The highest BCUT2D eigenvalue weighted by atomic mass is 16.5. The number of hydrogen-bond donors (Lipinski definition) is 2. The summed E-state index contributed by atoms with van der Waals surface area (Å²) in [5.41, 5.74) is 1.15. The topological polar surface area (TPSA) is 131 Å². The first kappa shape index (κ1) is 21.6. The fraction of sp³-hybridized carbons (Fsp3) is 0.316. The number of carbonyl (C=O) groups is 5. The van der Waals surface area contributed by atoms with Gasteiger partial charge in [0.15, 0.2) is 0 Å². The number of urea groups is 1. The maximum Gasteiger partial charge on any atom is 0.328 e. The summed E-state index contributed by atoms with van der Waals surface area (Å²) < 4.78 is 9.93. The molecule has 0 radical (unpaired) electrons. The van der Waals surface area contributed by atoms with E-state index in [0.29, 0.717) is 18.7 Å². The Morgan fingerprint density at radius 3 is 1.83 bits per heavy atom. The number of imide groups is 2. The third kappa shape index (κ3) is 6.76. The number of nitrogens with zero attached hydrogens (tertiary/aromatic N) is 1. The summed E-state index contributed by atoms with van der Waals surface area (Å²) >= 11 is 0. The first-order valence-corrected chi connectivity index (χ1v) is 8.76. The van der Waals surface area contributed by atoms with E-state index in [1.54, 1.807) is 24.3 Å². The Morgan fingerprint density at radius 1 is 0.897 bits per heavy atom. The fourth-order valence-corrected chi connectivity index (χ4v) is 2.52. The average Bonchev–Trinajstić information content (AvgIpc) is 2.63. The van der Waals surface area contributed by atoms with Gasteiger partial charge in [-0.05, 0) is 23.8 Å². The summed E-state index contributed by atoms with van der Waals surface area (Å²) in [4.78, 5) is 58.5. The number of carbonyl (C=O) groups excluding carboxylic acids is 5. The molecule has 1 aliphatic heterocycles. The molecule has 1 aromatic rings. The zero-order valence-electron chi connectivity index (χ0n) is 16.0. The van der Waals surface area contributed by atoms with Crippen LogP contribution >= 0.6 is 0 Å². The van der Waals surface area contributed by atoms with E-state index in [1.807, 2.05) is 15.5 Å². The van der Waals surface area contributed by atoms with E-state index in [9.17, 15) is 24.0 Å². The molecule has 0 bridgehead atoms. The number of esters is 2. The van der Waals surface area contributed by atoms with Crippen LogP contribution in [0.3, 0.4) is 0 Å². The van der Waals surface area contributed by atoms with Crippen molar-refractivity contribution in [2.24, 2.45) is 0 Å². The molecular weight excluding hydrogens is 382 g/mol. The van der Waals surface area contributed by atoms with Gasteiger partial charge in [-0.1, -0.05) is 12.1 Å². The van der Waals surface area contributed by atoms with Crippen LogP contribution in [0, 0.1) is 0 Å². The number of hydrogen-bond acceptors (Lipinski definition) is 8. The predicted octanol–water partition coefficient (Wildman–Crippen LogP) is 0.369. The molecule has 0 aliphatic carbocycles. The molecule has 4 amide bonds. The lowest BCUT2D eigenvalue weighted by atomic mass is 10.1. The molecule has 2 rings (SSSR count). The van der Waals surface area contributed by atoms with Gasteiger partial charge in [0.05, 0.1) is 13.1 Å². The molecule has 0 atom stereocenters. The molecule has 29 heavy (non-hydrogen) atoms. The van der Waals surface area contributed by atoms with Crippen molar-refractivity contribution in [3.8, 4) is 0 Å². The van der Waals surface area contributed by atoms with Crippen molar-refractivity contribution in [3.63, 3.8) is 0 Å². The second-order valence-electron chi connectivity index (χ2n) is 6.05. The Kier molecular flexibility index (Phi) is 7.47. The van der Waals surface area contributed by atoms with Crippen LogP contribution in [0.25, 0.3) is 6.08 Å². The largest absolute Gasteiger partial charge is 0.464 e. The summed E-state index contributed by atoms with van der Waals surface area (Å²) in [5, 5.41) is 4.01. The molecule has 2 N–H and O–H groups in total. The van der Waals surface area contributed by atoms with Crippen molar-refractivity contribution in [3.05, 3.63) is 35.4 Å². The summed E-state index contributed by atoms with van der Waals surface area (Å²) in [7, 11) is 0. The lowest BCUT2D eigenvalue weighted by Gasteiger charge is -2.24. The van der Waals surface area contributed by atoms with Gasteiger partial charge in [0.25, 0.3) is 11.8 Å². The zero-order chi connectivity index (χ0) is 21.4. The number of benzene rings is 1. The third-order valence-corrected chi connectivity index (χ3v) is 3.85. The molecule has 154 valence electrons. The Labute approximate surface area is 166 Å². The molecule has 0 aromatic heterocycles. The average molecular weight is 403 g/mol. The van der Waals surface area contributed by atoms with Gasteiger partial charge >= 0.3 is 18.0 Å². The van der Waals surface area contributed by atoms with Gasteiger partial charge < -0.3 is 14.4 Å². The highest BCUT2D eigenvalue weighted by Crippen LogP contribution is 2.17. The maximum atomic E-state index is 11.8. The Balaban J connectivity index is 2.11. The summed E-state index contributed by atoms with van der Waals surface area (Å²) in [6, 6.07) is 6.01.